The third-order valence-corrected chi connectivity index (χ3v) is 5.60. The Hall–Kier alpha value is -1.44. The standard InChI is InChI=1S/C13H23N3O4S/c1-4-13(5-2,21-3)8-15-12(20)16-7-10(17)14-6-9(16)11(18)19/h9H,4-8H2,1-3H3,(H,14,17)(H,15,20)(H,18,19). The number of carboxylic acids is 1. The maximum atomic E-state index is 12.2. The molecule has 1 heterocycles. The van der Waals surface area contributed by atoms with E-state index < -0.39 is 18.0 Å². The van der Waals surface area contributed by atoms with Crippen molar-refractivity contribution in [2.75, 3.05) is 25.9 Å². The smallest absolute Gasteiger partial charge is 0.328 e. The van der Waals surface area contributed by atoms with Gasteiger partial charge in [0.2, 0.25) is 5.91 Å². The highest BCUT2D eigenvalue weighted by Crippen LogP contribution is 2.29. The Labute approximate surface area is 128 Å². The quantitative estimate of drug-likeness (QED) is 0.663. The number of carbonyl (C=O) groups excluding carboxylic acids is 2. The number of urea groups is 1. The highest BCUT2D eigenvalue weighted by molar-refractivity contribution is 8.00. The number of aliphatic carboxylic acids is 1. The predicted octanol–water partition coefficient (Wildman–Crippen LogP) is 0.503. The Morgan fingerprint density at radius 3 is 2.57 bits per heavy atom. The zero-order valence-corrected chi connectivity index (χ0v) is 13.5. The van der Waals surface area contributed by atoms with E-state index in [0.29, 0.717) is 6.54 Å². The van der Waals surface area contributed by atoms with Gasteiger partial charge in [-0.15, -0.1) is 0 Å². The summed E-state index contributed by atoms with van der Waals surface area (Å²) < 4.78 is -0.0631. The van der Waals surface area contributed by atoms with Crippen molar-refractivity contribution in [2.45, 2.75) is 37.5 Å². The molecule has 3 N–H and O–H groups in total. The number of thioether (sulfide) groups is 1. The third-order valence-electron chi connectivity index (χ3n) is 4.01. The second-order valence-electron chi connectivity index (χ2n) is 5.04. The van der Waals surface area contributed by atoms with E-state index in [0.717, 1.165) is 17.7 Å². The maximum absolute atomic E-state index is 12.2. The summed E-state index contributed by atoms with van der Waals surface area (Å²) in [6.45, 7) is 4.27. The fourth-order valence-corrected chi connectivity index (χ4v) is 3.07. The van der Waals surface area contributed by atoms with Gasteiger partial charge in [0.25, 0.3) is 0 Å². The van der Waals surface area contributed by atoms with Crippen LogP contribution in [0.15, 0.2) is 0 Å². The first-order chi connectivity index (χ1) is 9.89. The van der Waals surface area contributed by atoms with Crippen LogP contribution in [0, 0.1) is 0 Å². The molecule has 1 aliphatic heterocycles. The van der Waals surface area contributed by atoms with Crippen LogP contribution in [0.4, 0.5) is 4.79 Å². The number of nitrogens with zero attached hydrogens (tertiary/aromatic N) is 1. The number of nitrogens with one attached hydrogen (secondary N) is 2. The Morgan fingerprint density at radius 2 is 2.10 bits per heavy atom. The zero-order valence-electron chi connectivity index (χ0n) is 12.6. The minimum absolute atomic E-state index is 0.0587. The van der Waals surface area contributed by atoms with Crippen molar-refractivity contribution in [3.63, 3.8) is 0 Å². The Kier molecular flexibility index (Phi) is 6.32. The van der Waals surface area contributed by atoms with Crippen LogP contribution >= 0.6 is 11.8 Å². The molecule has 1 atom stereocenters. The normalized spacial score (nSPS) is 19.1. The molecule has 8 heteroatoms. The first-order valence-electron chi connectivity index (χ1n) is 6.98. The molecular weight excluding hydrogens is 294 g/mol. The monoisotopic (exact) mass is 317 g/mol. The summed E-state index contributed by atoms with van der Waals surface area (Å²) >= 11 is 1.68. The van der Waals surface area contributed by atoms with E-state index in [9.17, 15) is 14.4 Å². The van der Waals surface area contributed by atoms with Gasteiger partial charge in [0.1, 0.15) is 12.6 Å². The van der Waals surface area contributed by atoms with E-state index >= 15 is 0 Å². The average molecular weight is 317 g/mol. The van der Waals surface area contributed by atoms with E-state index in [-0.39, 0.29) is 23.7 Å². The van der Waals surface area contributed by atoms with E-state index in [4.69, 9.17) is 5.11 Å². The van der Waals surface area contributed by atoms with Crippen molar-refractivity contribution in [3.8, 4) is 0 Å². The number of hydrogen-bond acceptors (Lipinski definition) is 4. The van der Waals surface area contributed by atoms with Crippen molar-refractivity contribution < 1.29 is 19.5 Å². The molecule has 21 heavy (non-hydrogen) atoms. The van der Waals surface area contributed by atoms with Crippen LogP contribution in [0.2, 0.25) is 0 Å². The molecule has 120 valence electrons. The van der Waals surface area contributed by atoms with Gasteiger partial charge in [-0.1, -0.05) is 13.8 Å². The molecule has 0 aromatic rings. The topological polar surface area (TPSA) is 98.7 Å². The molecule has 1 saturated heterocycles. The van der Waals surface area contributed by atoms with E-state index in [1.807, 2.05) is 6.26 Å². The number of rotatable bonds is 6. The molecule has 0 bridgehead atoms. The van der Waals surface area contributed by atoms with Gasteiger partial charge < -0.3 is 15.7 Å². The predicted molar refractivity (Wildman–Crippen MR) is 81.4 cm³/mol. The molecule has 1 rings (SSSR count). The SMILES string of the molecule is CCC(CC)(CNC(=O)N1CC(=O)NCC1C(=O)O)SC. The van der Waals surface area contributed by atoms with Crippen molar-refractivity contribution in [3.05, 3.63) is 0 Å². The molecule has 1 aliphatic rings. The van der Waals surface area contributed by atoms with Gasteiger partial charge in [0, 0.05) is 17.8 Å². The summed E-state index contributed by atoms with van der Waals surface area (Å²) in [7, 11) is 0. The minimum Gasteiger partial charge on any atom is -0.480 e. The van der Waals surface area contributed by atoms with E-state index in [1.54, 1.807) is 11.8 Å². The summed E-state index contributed by atoms with van der Waals surface area (Å²) in [6.07, 6.45) is 3.79. The molecule has 7 nitrogen and oxygen atoms in total. The number of piperazine rings is 1. The minimum atomic E-state index is -1.12. The van der Waals surface area contributed by atoms with Crippen LogP contribution in [-0.4, -0.2) is 64.6 Å². The Balaban J connectivity index is 2.71. The van der Waals surface area contributed by atoms with Gasteiger partial charge in [-0.25, -0.2) is 9.59 Å². The Morgan fingerprint density at radius 1 is 1.48 bits per heavy atom. The van der Waals surface area contributed by atoms with Gasteiger partial charge in [0.15, 0.2) is 0 Å². The largest absolute Gasteiger partial charge is 0.480 e. The Bertz CT molecular complexity index is 404. The summed E-state index contributed by atoms with van der Waals surface area (Å²) in [4.78, 5) is 35.9. The lowest BCUT2D eigenvalue weighted by atomic mass is 10.0. The van der Waals surface area contributed by atoms with Crippen LogP contribution < -0.4 is 10.6 Å². The number of carboxylic acid groups (broad SMARTS) is 1. The van der Waals surface area contributed by atoms with Crippen LogP contribution in [0.1, 0.15) is 26.7 Å². The number of hydrogen-bond donors (Lipinski definition) is 3. The van der Waals surface area contributed by atoms with Gasteiger partial charge >= 0.3 is 12.0 Å². The van der Waals surface area contributed by atoms with Crippen LogP contribution in [0.3, 0.4) is 0 Å². The second kappa shape index (κ2) is 7.53. The van der Waals surface area contributed by atoms with Crippen molar-refractivity contribution >= 4 is 29.7 Å². The van der Waals surface area contributed by atoms with Gasteiger partial charge in [-0.2, -0.15) is 11.8 Å². The lowest BCUT2D eigenvalue weighted by Crippen LogP contribution is -2.62. The number of amides is 3. The van der Waals surface area contributed by atoms with Gasteiger partial charge in [0.05, 0.1) is 0 Å². The van der Waals surface area contributed by atoms with Crippen LogP contribution in [0.25, 0.3) is 0 Å². The van der Waals surface area contributed by atoms with E-state index in [1.165, 1.54) is 0 Å². The molecule has 3 amide bonds. The fourth-order valence-electron chi connectivity index (χ4n) is 2.27. The van der Waals surface area contributed by atoms with Crippen LogP contribution in [-0.2, 0) is 9.59 Å². The highest BCUT2D eigenvalue weighted by atomic mass is 32.2. The molecule has 1 fully saturated rings. The summed E-state index contributed by atoms with van der Waals surface area (Å²) in [5.41, 5.74) is 0. The molecule has 0 aliphatic carbocycles. The first-order valence-corrected chi connectivity index (χ1v) is 8.20. The lowest BCUT2D eigenvalue weighted by molar-refractivity contribution is -0.144. The number of carbonyl (C=O) groups is 3. The van der Waals surface area contributed by atoms with Crippen molar-refractivity contribution in [2.24, 2.45) is 0 Å². The molecule has 1 unspecified atom stereocenters. The second-order valence-corrected chi connectivity index (χ2v) is 6.31. The summed E-state index contributed by atoms with van der Waals surface area (Å²) in [6, 6.07) is -1.52. The van der Waals surface area contributed by atoms with Crippen LogP contribution in [0.5, 0.6) is 0 Å². The molecular formula is C13H23N3O4S. The first kappa shape index (κ1) is 17.6. The molecule has 0 radical (unpaired) electrons. The van der Waals surface area contributed by atoms with Crippen molar-refractivity contribution in [1.29, 1.82) is 0 Å². The maximum Gasteiger partial charge on any atom is 0.328 e. The average Bonchev–Trinajstić information content (AvgIpc) is 2.48. The third kappa shape index (κ3) is 4.26. The molecule has 0 saturated carbocycles. The highest BCUT2D eigenvalue weighted by Gasteiger charge is 2.36. The van der Waals surface area contributed by atoms with Crippen molar-refractivity contribution in [1.82, 2.24) is 15.5 Å². The molecule has 0 spiro atoms. The van der Waals surface area contributed by atoms with Gasteiger partial charge in [-0.05, 0) is 19.1 Å². The molecule has 0 aromatic carbocycles. The summed E-state index contributed by atoms with van der Waals surface area (Å²) in [5.74, 6) is -1.46. The van der Waals surface area contributed by atoms with Gasteiger partial charge in [-0.3, -0.25) is 9.69 Å². The fraction of sp³-hybridized carbons (Fsp3) is 0.769. The zero-order chi connectivity index (χ0) is 16.0. The molecule has 0 aromatic heterocycles. The summed E-state index contributed by atoms with van der Waals surface area (Å²) in [5, 5.41) is 14.4. The van der Waals surface area contributed by atoms with E-state index in [2.05, 4.69) is 24.5 Å². The lowest BCUT2D eigenvalue weighted by Gasteiger charge is -2.35.